The number of alkyl halides is 3. The molecule has 100 valence electrons. The number of H-pyrrole nitrogens is 1. The minimum absolute atomic E-state index is 0.0847. The summed E-state index contributed by atoms with van der Waals surface area (Å²) in [5, 5.41) is 0.0847. The Labute approximate surface area is 105 Å². The lowest BCUT2D eigenvalue weighted by Gasteiger charge is -2.12. The molecule has 19 heavy (non-hydrogen) atoms. The number of nitrogens with two attached hydrogens (primary N) is 1. The summed E-state index contributed by atoms with van der Waals surface area (Å²) in [5.74, 6) is -1.25. The molecule has 0 bridgehead atoms. The van der Waals surface area contributed by atoms with E-state index in [4.69, 9.17) is 5.73 Å². The fourth-order valence-corrected chi connectivity index (χ4v) is 1.83. The summed E-state index contributed by atoms with van der Waals surface area (Å²) < 4.78 is 38.3. The molecule has 0 saturated carbocycles. The summed E-state index contributed by atoms with van der Waals surface area (Å²) >= 11 is 0. The van der Waals surface area contributed by atoms with Crippen molar-refractivity contribution in [3.05, 3.63) is 45.7 Å². The molecule has 1 aromatic heterocycles. The quantitative estimate of drug-likeness (QED) is 0.893. The van der Waals surface area contributed by atoms with Gasteiger partial charge in [0.05, 0.1) is 5.69 Å². The predicted octanol–water partition coefficient (Wildman–Crippen LogP) is 1.90. The van der Waals surface area contributed by atoms with Crippen molar-refractivity contribution in [3.63, 3.8) is 0 Å². The highest BCUT2D eigenvalue weighted by Crippen LogP contribution is 2.26. The SMILES string of the molecule is NC(=O)c1c(C(F)C(F)F)[nH]c2ccccc2c1=O. The lowest BCUT2D eigenvalue weighted by atomic mass is 10.0. The van der Waals surface area contributed by atoms with Crippen molar-refractivity contribution in [1.82, 2.24) is 4.98 Å². The molecule has 1 amide bonds. The standard InChI is InChI=1S/C12H9F3N2O2/c13-8(11(14)15)9-7(12(16)19)10(18)5-3-1-2-4-6(5)17-9/h1-4,8,11H,(H2,16,19)(H,17,18). The van der Waals surface area contributed by atoms with Crippen LogP contribution in [-0.2, 0) is 0 Å². The summed E-state index contributed by atoms with van der Waals surface area (Å²) in [4.78, 5) is 25.5. The largest absolute Gasteiger partial charge is 0.365 e. The first kappa shape index (κ1) is 13.1. The van der Waals surface area contributed by atoms with Crippen molar-refractivity contribution in [1.29, 1.82) is 0 Å². The van der Waals surface area contributed by atoms with E-state index in [0.29, 0.717) is 0 Å². The maximum absolute atomic E-state index is 13.5. The zero-order valence-corrected chi connectivity index (χ0v) is 9.49. The third-order valence-electron chi connectivity index (χ3n) is 2.68. The minimum Gasteiger partial charge on any atom is -0.365 e. The number of rotatable bonds is 3. The Hall–Kier alpha value is -2.31. The summed E-state index contributed by atoms with van der Waals surface area (Å²) in [6.07, 6.45) is -6.14. The van der Waals surface area contributed by atoms with Crippen LogP contribution in [0.15, 0.2) is 29.1 Å². The number of benzene rings is 1. The molecule has 2 rings (SSSR count). The summed E-state index contributed by atoms with van der Waals surface area (Å²) in [7, 11) is 0. The Bertz CT molecular complexity index is 697. The monoisotopic (exact) mass is 270 g/mol. The van der Waals surface area contributed by atoms with E-state index < -0.39 is 35.2 Å². The highest BCUT2D eigenvalue weighted by Gasteiger charge is 2.29. The van der Waals surface area contributed by atoms with Gasteiger partial charge in [-0.25, -0.2) is 13.2 Å². The third-order valence-corrected chi connectivity index (χ3v) is 2.68. The number of hydrogen-bond acceptors (Lipinski definition) is 2. The van der Waals surface area contributed by atoms with Crippen LogP contribution in [-0.4, -0.2) is 17.3 Å². The van der Waals surface area contributed by atoms with Crippen molar-refractivity contribution in [3.8, 4) is 0 Å². The zero-order valence-electron chi connectivity index (χ0n) is 9.49. The second-order valence-electron chi connectivity index (χ2n) is 3.89. The normalized spacial score (nSPS) is 12.8. The highest BCUT2D eigenvalue weighted by molar-refractivity contribution is 5.97. The lowest BCUT2D eigenvalue weighted by Crippen LogP contribution is -2.27. The van der Waals surface area contributed by atoms with Gasteiger partial charge in [-0.1, -0.05) is 12.1 Å². The first-order valence-electron chi connectivity index (χ1n) is 5.30. The van der Waals surface area contributed by atoms with Crippen LogP contribution in [0.25, 0.3) is 10.9 Å². The van der Waals surface area contributed by atoms with Crippen LogP contribution in [0.5, 0.6) is 0 Å². The van der Waals surface area contributed by atoms with Gasteiger partial charge in [-0.3, -0.25) is 9.59 Å². The van der Waals surface area contributed by atoms with Crippen LogP contribution < -0.4 is 11.2 Å². The molecule has 0 fully saturated rings. The number of para-hydroxylation sites is 1. The van der Waals surface area contributed by atoms with Gasteiger partial charge in [-0.05, 0) is 12.1 Å². The maximum atomic E-state index is 13.5. The average molecular weight is 270 g/mol. The van der Waals surface area contributed by atoms with E-state index in [1.165, 1.54) is 18.2 Å². The fraction of sp³-hybridized carbons (Fsp3) is 0.167. The Morgan fingerprint density at radius 3 is 2.42 bits per heavy atom. The van der Waals surface area contributed by atoms with Crippen LogP contribution in [0, 0.1) is 0 Å². The first-order valence-corrected chi connectivity index (χ1v) is 5.30. The molecule has 1 heterocycles. The smallest absolute Gasteiger partial charge is 0.274 e. The average Bonchev–Trinajstić information content (AvgIpc) is 2.37. The van der Waals surface area contributed by atoms with Crippen molar-refractivity contribution >= 4 is 16.8 Å². The van der Waals surface area contributed by atoms with Crippen LogP contribution in [0.1, 0.15) is 22.2 Å². The number of hydrogen-bond donors (Lipinski definition) is 2. The summed E-state index contributed by atoms with van der Waals surface area (Å²) in [6, 6.07) is 5.88. The highest BCUT2D eigenvalue weighted by atomic mass is 19.3. The fourth-order valence-electron chi connectivity index (χ4n) is 1.83. The molecule has 4 nitrogen and oxygen atoms in total. The van der Waals surface area contributed by atoms with E-state index in [1.807, 2.05) is 0 Å². The molecule has 3 N–H and O–H groups in total. The van der Waals surface area contributed by atoms with E-state index in [0.717, 1.165) is 0 Å². The van der Waals surface area contributed by atoms with Crippen LogP contribution in [0.4, 0.5) is 13.2 Å². The third kappa shape index (κ3) is 2.18. The van der Waals surface area contributed by atoms with Gasteiger partial charge in [0.2, 0.25) is 11.6 Å². The molecule has 1 aromatic carbocycles. The van der Waals surface area contributed by atoms with Gasteiger partial charge in [0.25, 0.3) is 12.3 Å². The number of aromatic amines is 1. The summed E-state index contributed by atoms with van der Waals surface area (Å²) in [5.41, 5.74) is 2.72. The topological polar surface area (TPSA) is 76.0 Å². The van der Waals surface area contributed by atoms with Crippen molar-refractivity contribution in [2.45, 2.75) is 12.6 Å². The maximum Gasteiger partial charge on any atom is 0.274 e. The minimum atomic E-state index is -3.37. The van der Waals surface area contributed by atoms with Gasteiger partial charge in [0.1, 0.15) is 5.56 Å². The van der Waals surface area contributed by atoms with Crippen LogP contribution in [0.3, 0.4) is 0 Å². The number of fused-ring (bicyclic) bond motifs is 1. The van der Waals surface area contributed by atoms with Crippen molar-refractivity contribution in [2.24, 2.45) is 5.73 Å². The second-order valence-corrected chi connectivity index (χ2v) is 3.89. The molecule has 0 aliphatic rings. The Morgan fingerprint density at radius 1 is 1.21 bits per heavy atom. The molecule has 0 aliphatic carbocycles. The molecule has 2 aromatic rings. The number of carbonyl (C=O) groups excluding carboxylic acids is 1. The van der Waals surface area contributed by atoms with Gasteiger partial charge < -0.3 is 10.7 Å². The van der Waals surface area contributed by atoms with Gasteiger partial charge >= 0.3 is 0 Å². The molecule has 0 spiro atoms. The number of halogens is 3. The number of pyridine rings is 1. The van der Waals surface area contributed by atoms with E-state index >= 15 is 0 Å². The van der Waals surface area contributed by atoms with E-state index in [9.17, 15) is 22.8 Å². The number of aromatic nitrogens is 1. The van der Waals surface area contributed by atoms with E-state index in [1.54, 1.807) is 6.07 Å². The second kappa shape index (κ2) is 4.75. The van der Waals surface area contributed by atoms with Crippen LogP contribution in [0.2, 0.25) is 0 Å². The van der Waals surface area contributed by atoms with E-state index in [2.05, 4.69) is 4.98 Å². The molecular formula is C12H9F3N2O2. The van der Waals surface area contributed by atoms with Gasteiger partial charge in [-0.2, -0.15) is 0 Å². The number of amides is 1. The lowest BCUT2D eigenvalue weighted by molar-refractivity contribution is 0.0468. The molecular weight excluding hydrogens is 261 g/mol. The molecule has 0 radical (unpaired) electrons. The number of carbonyl (C=O) groups is 1. The Morgan fingerprint density at radius 2 is 1.84 bits per heavy atom. The molecule has 1 atom stereocenters. The predicted molar refractivity (Wildman–Crippen MR) is 62.9 cm³/mol. The molecule has 0 aliphatic heterocycles. The van der Waals surface area contributed by atoms with Crippen LogP contribution >= 0.6 is 0 Å². The van der Waals surface area contributed by atoms with Crippen molar-refractivity contribution in [2.75, 3.05) is 0 Å². The zero-order chi connectivity index (χ0) is 14.2. The molecule has 1 unspecified atom stereocenters. The Balaban J connectivity index is 2.85. The Kier molecular flexibility index (Phi) is 3.28. The first-order chi connectivity index (χ1) is 8.93. The number of nitrogens with one attached hydrogen (secondary N) is 1. The number of primary amides is 1. The molecule has 0 saturated heterocycles. The van der Waals surface area contributed by atoms with Gasteiger partial charge in [0.15, 0.2) is 0 Å². The summed E-state index contributed by atoms with van der Waals surface area (Å²) in [6.45, 7) is 0. The van der Waals surface area contributed by atoms with Gasteiger partial charge in [0, 0.05) is 10.9 Å². The molecule has 7 heteroatoms. The van der Waals surface area contributed by atoms with E-state index in [-0.39, 0.29) is 10.9 Å². The van der Waals surface area contributed by atoms with Gasteiger partial charge in [-0.15, -0.1) is 0 Å². The van der Waals surface area contributed by atoms with Crippen molar-refractivity contribution < 1.29 is 18.0 Å².